The minimum atomic E-state index is -1.10. The number of amides is 1. The average Bonchev–Trinajstić information content (AvgIpc) is 3.05. The number of nitrogens with zero attached hydrogens (tertiary/aromatic N) is 2. The van der Waals surface area contributed by atoms with Crippen molar-refractivity contribution in [3.8, 4) is 22.6 Å². The fraction of sp³-hybridized carbons (Fsp3) is 0.278. The normalized spacial score (nSPS) is 12.6. The molecule has 46 heavy (non-hydrogen) atoms. The molecule has 4 aromatic rings. The van der Waals surface area contributed by atoms with E-state index in [0.717, 1.165) is 71.0 Å². The standard InChI is InChI=1S/C36H38BrN3O5.ClH/c1-23-9-8-10-32(39-17-6-5-7-18-39)35(23)40(27-13-16-29(24(2)19-27)25-11-14-28(44-3)15-12-25)38-34(41)21-26-20-33(45-4)30(36(42)43)22-31(26)37;/h8-16,19-20,22H,5-7,17-18,21H2,1-4H3,(H,38,41)(H,42,43);1H. The second-order valence-corrected chi connectivity index (χ2v) is 12.1. The minimum absolute atomic E-state index is 0. The van der Waals surface area contributed by atoms with Crippen LogP contribution in [0.4, 0.5) is 17.1 Å². The second-order valence-electron chi connectivity index (χ2n) is 11.2. The maximum Gasteiger partial charge on any atom is 0.339 e. The number of hydrogen-bond acceptors (Lipinski definition) is 6. The summed E-state index contributed by atoms with van der Waals surface area (Å²) >= 11 is 3.46. The van der Waals surface area contributed by atoms with E-state index in [2.05, 4.69) is 70.4 Å². The van der Waals surface area contributed by atoms with Crippen molar-refractivity contribution in [3.05, 3.63) is 99.5 Å². The van der Waals surface area contributed by atoms with Gasteiger partial charge in [0.05, 0.1) is 37.7 Å². The molecular formula is C36H39BrClN3O5. The highest BCUT2D eigenvalue weighted by Gasteiger charge is 2.24. The third-order valence-corrected chi connectivity index (χ3v) is 8.93. The number of carboxylic acid groups (broad SMARTS) is 1. The molecule has 0 atom stereocenters. The molecule has 8 nitrogen and oxygen atoms in total. The highest BCUT2D eigenvalue weighted by molar-refractivity contribution is 9.10. The van der Waals surface area contributed by atoms with Gasteiger partial charge in [0.2, 0.25) is 5.91 Å². The zero-order valence-corrected chi connectivity index (χ0v) is 28.8. The quantitative estimate of drug-likeness (QED) is 0.160. The lowest BCUT2D eigenvalue weighted by molar-refractivity contribution is -0.120. The van der Waals surface area contributed by atoms with Crippen LogP contribution in [0.2, 0.25) is 0 Å². The van der Waals surface area contributed by atoms with Gasteiger partial charge in [-0.15, -0.1) is 12.4 Å². The smallest absolute Gasteiger partial charge is 0.339 e. The maximum absolute atomic E-state index is 13.8. The van der Waals surface area contributed by atoms with Crippen molar-refractivity contribution in [3.63, 3.8) is 0 Å². The van der Waals surface area contributed by atoms with Crippen molar-refractivity contribution in [1.29, 1.82) is 0 Å². The van der Waals surface area contributed by atoms with E-state index >= 15 is 0 Å². The van der Waals surface area contributed by atoms with Gasteiger partial charge < -0.3 is 19.5 Å². The van der Waals surface area contributed by atoms with Crippen LogP contribution in [0.15, 0.2) is 77.3 Å². The van der Waals surface area contributed by atoms with Gasteiger partial charge in [-0.25, -0.2) is 4.79 Å². The van der Waals surface area contributed by atoms with Gasteiger partial charge in [-0.2, -0.15) is 0 Å². The van der Waals surface area contributed by atoms with Crippen molar-refractivity contribution >= 4 is 57.3 Å². The lowest BCUT2D eigenvalue weighted by Gasteiger charge is -2.35. The van der Waals surface area contributed by atoms with E-state index in [4.69, 9.17) is 9.47 Å². The first-order chi connectivity index (χ1) is 21.7. The van der Waals surface area contributed by atoms with Crippen molar-refractivity contribution < 1.29 is 24.2 Å². The highest BCUT2D eigenvalue weighted by Crippen LogP contribution is 2.39. The SMILES string of the molecule is COc1ccc(-c2ccc(N(NC(=O)Cc3cc(OC)c(C(=O)O)cc3Br)c3c(C)cccc3N3CCCCC3)cc2C)cc1.Cl. The molecule has 10 heteroatoms. The number of ether oxygens (including phenoxy) is 2. The number of hydrogen-bond donors (Lipinski definition) is 2. The van der Waals surface area contributed by atoms with E-state index in [-0.39, 0.29) is 36.0 Å². The number of piperidine rings is 1. The number of para-hydroxylation sites is 1. The Labute approximate surface area is 284 Å². The van der Waals surface area contributed by atoms with Crippen LogP contribution in [0.1, 0.15) is 46.3 Å². The molecule has 0 bridgehead atoms. The number of hydrazine groups is 1. The van der Waals surface area contributed by atoms with Crippen molar-refractivity contribution in [2.45, 2.75) is 39.5 Å². The molecule has 0 aromatic heterocycles. The number of carbonyl (C=O) groups excluding carboxylic acids is 1. The lowest BCUT2D eigenvalue weighted by Crippen LogP contribution is -2.41. The third-order valence-electron chi connectivity index (χ3n) is 8.19. The first kappa shape index (κ1) is 34.7. The summed E-state index contributed by atoms with van der Waals surface area (Å²) in [4.78, 5) is 27.9. The minimum Gasteiger partial charge on any atom is -0.497 e. The monoisotopic (exact) mass is 707 g/mol. The zero-order chi connectivity index (χ0) is 32.1. The molecule has 1 aliphatic rings. The van der Waals surface area contributed by atoms with Crippen LogP contribution in [0, 0.1) is 13.8 Å². The summed E-state index contributed by atoms with van der Waals surface area (Å²) in [5.41, 5.74) is 10.9. The topological polar surface area (TPSA) is 91.3 Å². The highest BCUT2D eigenvalue weighted by atomic mass is 79.9. The van der Waals surface area contributed by atoms with Crippen LogP contribution >= 0.6 is 28.3 Å². The number of aryl methyl sites for hydroxylation is 2. The van der Waals surface area contributed by atoms with E-state index in [1.54, 1.807) is 13.2 Å². The van der Waals surface area contributed by atoms with E-state index in [1.807, 2.05) is 35.3 Å². The number of carbonyl (C=O) groups is 2. The molecule has 0 spiro atoms. The first-order valence-electron chi connectivity index (χ1n) is 15.0. The van der Waals surface area contributed by atoms with Gasteiger partial charge in [-0.05, 0) is 103 Å². The van der Waals surface area contributed by atoms with Crippen molar-refractivity contribution in [1.82, 2.24) is 5.43 Å². The van der Waals surface area contributed by atoms with Crippen LogP contribution in [-0.2, 0) is 11.2 Å². The summed E-state index contributed by atoms with van der Waals surface area (Å²) < 4.78 is 11.2. The molecule has 0 aliphatic carbocycles. The summed E-state index contributed by atoms with van der Waals surface area (Å²) in [6.07, 6.45) is 3.46. The predicted molar refractivity (Wildman–Crippen MR) is 189 cm³/mol. The number of anilines is 3. The number of aromatic carboxylic acids is 1. The lowest BCUT2D eigenvalue weighted by atomic mass is 9.99. The molecule has 0 saturated carbocycles. The average molecular weight is 709 g/mol. The largest absolute Gasteiger partial charge is 0.497 e. The van der Waals surface area contributed by atoms with Crippen molar-refractivity contribution in [2.24, 2.45) is 0 Å². The van der Waals surface area contributed by atoms with Gasteiger partial charge in [0, 0.05) is 17.6 Å². The molecule has 1 saturated heterocycles. The summed E-state index contributed by atoms with van der Waals surface area (Å²) in [6.45, 7) is 6.04. The van der Waals surface area contributed by atoms with Gasteiger partial charge in [0.25, 0.3) is 0 Å². The van der Waals surface area contributed by atoms with Gasteiger partial charge in [0.1, 0.15) is 17.1 Å². The number of methoxy groups -OCH3 is 2. The Kier molecular flexibility index (Phi) is 11.6. The summed E-state index contributed by atoms with van der Waals surface area (Å²) in [5, 5.41) is 11.5. The number of rotatable bonds is 10. The molecule has 242 valence electrons. The molecule has 5 rings (SSSR count). The van der Waals surface area contributed by atoms with Gasteiger partial charge in [0.15, 0.2) is 0 Å². The first-order valence-corrected chi connectivity index (χ1v) is 15.8. The Bertz CT molecular complexity index is 1710. The number of nitrogens with one attached hydrogen (secondary N) is 1. The van der Waals surface area contributed by atoms with Gasteiger partial charge in [-0.3, -0.25) is 15.2 Å². The molecule has 0 unspecified atom stereocenters. The van der Waals surface area contributed by atoms with Gasteiger partial charge >= 0.3 is 5.97 Å². The number of halogens is 2. The molecule has 0 radical (unpaired) electrons. The Balaban J connectivity index is 0.00000480. The Morgan fingerprint density at radius 2 is 1.63 bits per heavy atom. The van der Waals surface area contributed by atoms with Crippen molar-refractivity contribution in [2.75, 3.05) is 37.2 Å². The molecule has 4 aromatic carbocycles. The summed E-state index contributed by atoms with van der Waals surface area (Å²) in [6, 6.07) is 23.5. The number of benzene rings is 4. The van der Waals surface area contributed by atoms with Crippen LogP contribution < -0.4 is 24.8 Å². The number of carboxylic acids is 1. The molecular weight excluding hydrogens is 670 g/mol. The van der Waals surface area contributed by atoms with Crippen LogP contribution in [-0.4, -0.2) is 44.3 Å². The van der Waals surface area contributed by atoms with Gasteiger partial charge in [-0.1, -0.05) is 46.3 Å². The van der Waals surface area contributed by atoms with E-state index in [9.17, 15) is 14.7 Å². The zero-order valence-electron chi connectivity index (χ0n) is 26.4. The Morgan fingerprint density at radius 3 is 2.26 bits per heavy atom. The van der Waals surface area contributed by atoms with Crippen LogP contribution in [0.5, 0.6) is 11.5 Å². The fourth-order valence-electron chi connectivity index (χ4n) is 5.86. The second kappa shape index (κ2) is 15.4. The summed E-state index contributed by atoms with van der Waals surface area (Å²) in [7, 11) is 3.07. The Morgan fingerprint density at radius 1 is 0.913 bits per heavy atom. The predicted octanol–water partition coefficient (Wildman–Crippen LogP) is 8.27. The Hall–Kier alpha value is -4.21. The van der Waals surface area contributed by atoms with Crippen LogP contribution in [0.3, 0.4) is 0 Å². The van der Waals surface area contributed by atoms with E-state index in [0.29, 0.717) is 10.0 Å². The third kappa shape index (κ3) is 7.59. The molecule has 2 N–H and O–H groups in total. The summed E-state index contributed by atoms with van der Waals surface area (Å²) in [5.74, 6) is -0.367. The molecule has 1 aliphatic heterocycles. The van der Waals surface area contributed by atoms with Crippen LogP contribution in [0.25, 0.3) is 11.1 Å². The maximum atomic E-state index is 13.8. The molecule has 1 amide bonds. The molecule has 1 fully saturated rings. The van der Waals surface area contributed by atoms with E-state index < -0.39 is 5.97 Å². The fourth-order valence-corrected chi connectivity index (χ4v) is 6.34. The van der Waals surface area contributed by atoms with E-state index in [1.165, 1.54) is 19.6 Å². The molecule has 1 heterocycles.